The lowest BCUT2D eigenvalue weighted by Gasteiger charge is -2.43. The summed E-state index contributed by atoms with van der Waals surface area (Å²) in [5.74, 6) is 0. The Morgan fingerprint density at radius 2 is 1.83 bits per heavy atom. The molecule has 0 bridgehead atoms. The Labute approximate surface area is 107 Å². The summed E-state index contributed by atoms with van der Waals surface area (Å²) in [6.07, 6.45) is 1.15. The number of para-hydroxylation sites is 2. The van der Waals surface area contributed by atoms with Crippen LogP contribution in [0.1, 0.15) is 17.2 Å². The fraction of sp³-hybridized carbons (Fsp3) is 0.250. The smallest absolute Gasteiger partial charge is 0.0718 e. The second-order valence-electron chi connectivity index (χ2n) is 5.06. The Morgan fingerprint density at radius 1 is 1.00 bits per heavy atom. The van der Waals surface area contributed by atoms with Crippen molar-refractivity contribution < 1.29 is 0 Å². The molecule has 4 rings (SSSR count). The van der Waals surface area contributed by atoms with E-state index in [2.05, 4.69) is 58.7 Å². The maximum absolute atomic E-state index is 3.56. The Balaban J connectivity index is 1.83. The van der Waals surface area contributed by atoms with Gasteiger partial charge in [-0.3, -0.25) is 0 Å². The van der Waals surface area contributed by atoms with Gasteiger partial charge < -0.3 is 10.2 Å². The summed E-state index contributed by atoms with van der Waals surface area (Å²) in [4.78, 5) is 2.55. The number of benzene rings is 2. The van der Waals surface area contributed by atoms with E-state index in [9.17, 15) is 0 Å². The van der Waals surface area contributed by atoms with Crippen LogP contribution in [0.5, 0.6) is 0 Å². The predicted molar refractivity (Wildman–Crippen MR) is 75.2 cm³/mol. The molecule has 0 spiro atoms. The second-order valence-corrected chi connectivity index (χ2v) is 5.06. The van der Waals surface area contributed by atoms with Crippen LogP contribution in [0.25, 0.3) is 0 Å². The third kappa shape index (κ3) is 1.35. The number of nitrogens with zero attached hydrogens (tertiary/aromatic N) is 1. The van der Waals surface area contributed by atoms with Gasteiger partial charge >= 0.3 is 0 Å². The van der Waals surface area contributed by atoms with Crippen LogP contribution in [-0.2, 0) is 6.42 Å². The number of anilines is 2. The van der Waals surface area contributed by atoms with Gasteiger partial charge in [0.25, 0.3) is 0 Å². The van der Waals surface area contributed by atoms with Gasteiger partial charge in [0.05, 0.1) is 17.4 Å². The van der Waals surface area contributed by atoms with Crippen LogP contribution in [0.4, 0.5) is 11.4 Å². The quantitative estimate of drug-likeness (QED) is 0.755. The van der Waals surface area contributed by atoms with Gasteiger partial charge in [-0.15, -0.1) is 0 Å². The largest absolute Gasteiger partial charge is 0.381 e. The predicted octanol–water partition coefficient (Wildman–Crippen LogP) is 3.22. The summed E-state index contributed by atoms with van der Waals surface area (Å²) in [5, 5.41) is 3.56. The molecule has 2 heteroatoms. The minimum absolute atomic E-state index is 0.491. The minimum atomic E-state index is 0.491. The molecule has 2 heterocycles. The molecule has 18 heavy (non-hydrogen) atoms. The maximum atomic E-state index is 3.56. The van der Waals surface area contributed by atoms with Crippen LogP contribution in [0.3, 0.4) is 0 Å². The topological polar surface area (TPSA) is 15.3 Å². The lowest BCUT2D eigenvalue weighted by atomic mass is 9.90. The first-order valence-electron chi connectivity index (χ1n) is 6.61. The first kappa shape index (κ1) is 10.0. The number of nitrogens with one attached hydrogen (secondary N) is 1. The molecule has 0 radical (unpaired) electrons. The molecule has 2 aliphatic rings. The van der Waals surface area contributed by atoms with E-state index >= 15 is 0 Å². The standard InChI is InChI=1S/C16H16N2/c1-2-6-13-12(5-1)9-10-18-15-8-4-3-7-14(15)17-11-16(13)18/h1-8,16-17H,9-11H2. The fourth-order valence-electron chi connectivity index (χ4n) is 3.24. The van der Waals surface area contributed by atoms with Gasteiger partial charge in [-0.1, -0.05) is 36.4 Å². The zero-order chi connectivity index (χ0) is 11.9. The highest BCUT2D eigenvalue weighted by Crippen LogP contribution is 2.40. The minimum Gasteiger partial charge on any atom is -0.381 e. The Bertz CT molecular complexity index is 538. The second kappa shape index (κ2) is 3.77. The first-order chi connectivity index (χ1) is 8.93. The van der Waals surface area contributed by atoms with E-state index < -0.39 is 0 Å². The molecule has 1 atom stereocenters. The fourth-order valence-corrected chi connectivity index (χ4v) is 3.24. The molecule has 0 amide bonds. The molecule has 2 aliphatic heterocycles. The van der Waals surface area contributed by atoms with E-state index in [1.807, 2.05) is 0 Å². The summed E-state index contributed by atoms with van der Waals surface area (Å²) >= 11 is 0. The van der Waals surface area contributed by atoms with Gasteiger partial charge in [0.1, 0.15) is 0 Å². The van der Waals surface area contributed by atoms with E-state index in [-0.39, 0.29) is 0 Å². The maximum Gasteiger partial charge on any atom is 0.0718 e. The van der Waals surface area contributed by atoms with Crippen molar-refractivity contribution in [3.8, 4) is 0 Å². The number of hydrogen-bond donors (Lipinski definition) is 1. The van der Waals surface area contributed by atoms with E-state index in [1.54, 1.807) is 0 Å². The highest BCUT2D eigenvalue weighted by Gasteiger charge is 2.31. The van der Waals surface area contributed by atoms with Crippen molar-refractivity contribution in [2.24, 2.45) is 0 Å². The highest BCUT2D eigenvalue weighted by atomic mass is 15.2. The molecule has 0 fully saturated rings. The lowest BCUT2D eigenvalue weighted by molar-refractivity contribution is 0.591. The van der Waals surface area contributed by atoms with Crippen LogP contribution < -0.4 is 10.2 Å². The Kier molecular flexibility index (Phi) is 2.10. The molecule has 0 saturated heterocycles. The molecule has 2 aromatic rings. The zero-order valence-corrected chi connectivity index (χ0v) is 10.3. The van der Waals surface area contributed by atoms with Gasteiger partial charge in [-0.05, 0) is 29.7 Å². The van der Waals surface area contributed by atoms with E-state index in [0.29, 0.717) is 6.04 Å². The van der Waals surface area contributed by atoms with E-state index in [0.717, 1.165) is 19.5 Å². The number of rotatable bonds is 0. The molecule has 0 aliphatic carbocycles. The van der Waals surface area contributed by atoms with Crippen molar-refractivity contribution >= 4 is 11.4 Å². The third-order valence-corrected chi connectivity index (χ3v) is 4.11. The molecule has 90 valence electrons. The third-order valence-electron chi connectivity index (χ3n) is 4.11. The van der Waals surface area contributed by atoms with Crippen molar-refractivity contribution in [1.82, 2.24) is 0 Å². The average Bonchev–Trinajstić information content (AvgIpc) is 2.46. The number of fused-ring (bicyclic) bond motifs is 5. The summed E-state index contributed by atoms with van der Waals surface area (Å²) in [6.45, 7) is 2.13. The van der Waals surface area contributed by atoms with Crippen LogP contribution in [0, 0.1) is 0 Å². The van der Waals surface area contributed by atoms with Crippen LogP contribution >= 0.6 is 0 Å². The van der Waals surface area contributed by atoms with E-state index in [1.165, 1.54) is 22.5 Å². The molecule has 0 saturated carbocycles. The van der Waals surface area contributed by atoms with Crippen molar-refractivity contribution in [1.29, 1.82) is 0 Å². The van der Waals surface area contributed by atoms with Crippen molar-refractivity contribution in [2.75, 3.05) is 23.3 Å². The van der Waals surface area contributed by atoms with Crippen LogP contribution in [0.15, 0.2) is 48.5 Å². The Hall–Kier alpha value is -1.96. The van der Waals surface area contributed by atoms with Gasteiger partial charge in [-0.25, -0.2) is 0 Å². The SMILES string of the molecule is c1ccc2c(c1)CCN1c3ccccc3NCC21. The number of hydrogen-bond acceptors (Lipinski definition) is 2. The van der Waals surface area contributed by atoms with Gasteiger partial charge in [0, 0.05) is 13.1 Å². The van der Waals surface area contributed by atoms with Crippen molar-refractivity contribution in [3.63, 3.8) is 0 Å². The molecule has 2 nitrogen and oxygen atoms in total. The highest BCUT2D eigenvalue weighted by molar-refractivity contribution is 5.73. The van der Waals surface area contributed by atoms with Gasteiger partial charge in [-0.2, -0.15) is 0 Å². The van der Waals surface area contributed by atoms with E-state index in [4.69, 9.17) is 0 Å². The normalized spacial score (nSPS) is 20.4. The molecular weight excluding hydrogens is 220 g/mol. The van der Waals surface area contributed by atoms with Crippen LogP contribution in [0.2, 0.25) is 0 Å². The monoisotopic (exact) mass is 236 g/mol. The van der Waals surface area contributed by atoms with Gasteiger partial charge in [0.2, 0.25) is 0 Å². The van der Waals surface area contributed by atoms with Gasteiger partial charge in [0.15, 0.2) is 0 Å². The summed E-state index contributed by atoms with van der Waals surface area (Å²) in [5.41, 5.74) is 5.63. The molecule has 1 N–H and O–H groups in total. The molecule has 0 aromatic heterocycles. The first-order valence-corrected chi connectivity index (χ1v) is 6.61. The molecular formula is C16H16N2. The summed E-state index contributed by atoms with van der Waals surface area (Å²) < 4.78 is 0. The molecule has 1 unspecified atom stereocenters. The lowest BCUT2D eigenvalue weighted by Crippen LogP contribution is -2.42. The summed E-state index contributed by atoms with van der Waals surface area (Å²) in [6, 6.07) is 18.0. The van der Waals surface area contributed by atoms with Crippen molar-refractivity contribution in [2.45, 2.75) is 12.5 Å². The van der Waals surface area contributed by atoms with Crippen LogP contribution in [-0.4, -0.2) is 13.1 Å². The zero-order valence-electron chi connectivity index (χ0n) is 10.3. The average molecular weight is 236 g/mol. The van der Waals surface area contributed by atoms with Crippen molar-refractivity contribution in [3.05, 3.63) is 59.7 Å². The summed E-state index contributed by atoms with van der Waals surface area (Å²) in [7, 11) is 0. The Morgan fingerprint density at radius 3 is 2.83 bits per heavy atom. The molecule has 2 aromatic carbocycles.